The Labute approximate surface area is 84.9 Å². The van der Waals surface area contributed by atoms with Crippen molar-refractivity contribution in [3.8, 4) is 0 Å². The van der Waals surface area contributed by atoms with E-state index in [0.29, 0.717) is 5.76 Å². The zero-order chi connectivity index (χ0) is 10.9. The van der Waals surface area contributed by atoms with Gasteiger partial charge in [-0.1, -0.05) is 20.8 Å². The van der Waals surface area contributed by atoms with Crippen molar-refractivity contribution in [1.29, 1.82) is 0 Å². The molecule has 3 N–H and O–H groups in total. The predicted octanol–water partition coefficient (Wildman–Crippen LogP) is 1.99. The van der Waals surface area contributed by atoms with Crippen LogP contribution in [0.5, 0.6) is 0 Å². The Bertz CT molecular complexity index is 298. The molecule has 80 valence electrons. The molecule has 3 heteroatoms. The molecule has 0 bridgehead atoms. The second-order valence-electron chi connectivity index (χ2n) is 4.79. The van der Waals surface area contributed by atoms with Crippen LogP contribution < -0.4 is 5.73 Å². The third-order valence-electron chi connectivity index (χ3n) is 2.32. The molecule has 0 saturated heterocycles. The zero-order valence-electron chi connectivity index (χ0n) is 9.24. The molecule has 0 spiro atoms. The van der Waals surface area contributed by atoms with Crippen LogP contribution in [-0.4, -0.2) is 11.2 Å². The highest BCUT2D eigenvalue weighted by Gasteiger charge is 2.30. The van der Waals surface area contributed by atoms with E-state index < -0.39 is 12.1 Å². The first kappa shape index (κ1) is 11.3. The second kappa shape index (κ2) is 3.75. The van der Waals surface area contributed by atoms with E-state index in [1.54, 1.807) is 0 Å². The highest BCUT2D eigenvalue weighted by Crippen LogP contribution is 2.29. The summed E-state index contributed by atoms with van der Waals surface area (Å²) in [6.07, 6.45) is -0.604. The number of aryl methyl sites for hydroxylation is 1. The van der Waals surface area contributed by atoms with Gasteiger partial charge >= 0.3 is 0 Å². The summed E-state index contributed by atoms with van der Waals surface area (Å²) < 4.78 is 5.38. The molecule has 0 saturated carbocycles. The van der Waals surface area contributed by atoms with Gasteiger partial charge in [-0.2, -0.15) is 0 Å². The number of hydrogen-bond acceptors (Lipinski definition) is 3. The van der Waals surface area contributed by atoms with Crippen molar-refractivity contribution >= 4 is 0 Å². The maximum absolute atomic E-state index is 9.93. The van der Waals surface area contributed by atoms with Gasteiger partial charge in [0, 0.05) is 0 Å². The maximum Gasteiger partial charge on any atom is 0.123 e. The Balaban J connectivity index is 2.80. The summed E-state index contributed by atoms with van der Waals surface area (Å²) in [6.45, 7) is 7.72. The zero-order valence-corrected chi connectivity index (χ0v) is 9.24. The summed E-state index contributed by atoms with van der Waals surface area (Å²) in [4.78, 5) is 0. The molecule has 0 aliphatic rings. The molecule has 1 rings (SSSR count). The number of aliphatic hydroxyl groups is 1. The molecule has 0 radical (unpaired) electrons. The van der Waals surface area contributed by atoms with Gasteiger partial charge in [0.25, 0.3) is 0 Å². The first-order chi connectivity index (χ1) is 6.32. The van der Waals surface area contributed by atoms with Crippen LogP contribution in [0.3, 0.4) is 0 Å². The highest BCUT2D eigenvalue weighted by atomic mass is 16.3. The van der Waals surface area contributed by atoms with E-state index in [9.17, 15) is 5.11 Å². The van der Waals surface area contributed by atoms with Crippen molar-refractivity contribution in [2.24, 2.45) is 11.1 Å². The molecule has 1 heterocycles. The van der Waals surface area contributed by atoms with Gasteiger partial charge in [-0.25, -0.2) is 0 Å². The minimum Gasteiger partial charge on any atom is -0.465 e. The minimum absolute atomic E-state index is 0.236. The Morgan fingerprint density at radius 2 is 1.93 bits per heavy atom. The average molecular weight is 197 g/mol. The van der Waals surface area contributed by atoms with Crippen LogP contribution in [0, 0.1) is 12.3 Å². The molecule has 0 aliphatic carbocycles. The van der Waals surface area contributed by atoms with E-state index in [-0.39, 0.29) is 5.41 Å². The molecule has 1 aromatic heterocycles. The van der Waals surface area contributed by atoms with Gasteiger partial charge < -0.3 is 15.3 Å². The highest BCUT2D eigenvalue weighted by molar-refractivity contribution is 5.11. The van der Waals surface area contributed by atoms with Crippen LogP contribution in [-0.2, 0) is 0 Å². The van der Waals surface area contributed by atoms with Crippen molar-refractivity contribution in [1.82, 2.24) is 0 Å². The molecular weight excluding hydrogens is 178 g/mol. The monoisotopic (exact) mass is 197 g/mol. The Morgan fingerprint density at radius 1 is 1.36 bits per heavy atom. The SMILES string of the molecule is Cc1ccc(C(N)C(O)C(C)(C)C)o1. The number of aliphatic hydroxyl groups excluding tert-OH is 1. The van der Waals surface area contributed by atoms with E-state index in [4.69, 9.17) is 10.2 Å². The predicted molar refractivity (Wildman–Crippen MR) is 55.8 cm³/mol. The van der Waals surface area contributed by atoms with Gasteiger partial charge in [0.1, 0.15) is 11.5 Å². The summed E-state index contributed by atoms with van der Waals surface area (Å²) in [5, 5.41) is 9.93. The van der Waals surface area contributed by atoms with Crippen LogP contribution >= 0.6 is 0 Å². The van der Waals surface area contributed by atoms with Gasteiger partial charge in [0.05, 0.1) is 12.1 Å². The molecule has 2 unspecified atom stereocenters. The standard InChI is InChI=1S/C11H19NO2/c1-7-5-6-8(14-7)9(12)10(13)11(2,3)4/h5-6,9-10,13H,12H2,1-4H3. The maximum atomic E-state index is 9.93. The fourth-order valence-corrected chi connectivity index (χ4v) is 1.33. The van der Waals surface area contributed by atoms with Gasteiger partial charge in [-0.3, -0.25) is 0 Å². The van der Waals surface area contributed by atoms with Crippen LogP contribution in [0.25, 0.3) is 0 Å². The van der Waals surface area contributed by atoms with E-state index in [1.165, 1.54) is 0 Å². The molecular formula is C11H19NO2. The van der Waals surface area contributed by atoms with Gasteiger partial charge in [0.15, 0.2) is 0 Å². The third kappa shape index (κ3) is 2.36. The van der Waals surface area contributed by atoms with E-state index >= 15 is 0 Å². The van der Waals surface area contributed by atoms with Crippen LogP contribution in [0.15, 0.2) is 16.5 Å². The first-order valence-electron chi connectivity index (χ1n) is 4.82. The number of furan rings is 1. The lowest BCUT2D eigenvalue weighted by atomic mass is 9.84. The Morgan fingerprint density at radius 3 is 2.29 bits per heavy atom. The number of nitrogens with two attached hydrogens (primary N) is 1. The van der Waals surface area contributed by atoms with Crippen LogP contribution in [0.1, 0.15) is 38.3 Å². The lowest BCUT2D eigenvalue weighted by Gasteiger charge is -2.29. The molecule has 0 fully saturated rings. The molecule has 0 aliphatic heterocycles. The molecule has 1 aromatic rings. The summed E-state index contributed by atoms with van der Waals surface area (Å²) >= 11 is 0. The van der Waals surface area contributed by atoms with Crippen molar-refractivity contribution in [2.75, 3.05) is 0 Å². The van der Waals surface area contributed by atoms with Gasteiger partial charge in [0.2, 0.25) is 0 Å². The molecule has 0 aromatic carbocycles. The summed E-state index contributed by atoms with van der Waals surface area (Å²) in [7, 11) is 0. The average Bonchev–Trinajstić information content (AvgIpc) is 2.47. The van der Waals surface area contributed by atoms with E-state index in [2.05, 4.69) is 0 Å². The summed E-state index contributed by atoms with van der Waals surface area (Å²) in [6, 6.07) is 3.21. The molecule has 14 heavy (non-hydrogen) atoms. The number of hydrogen-bond donors (Lipinski definition) is 2. The first-order valence-corrected chi connectivity index (χ1v) is 4.82. The quantitative estimate of drug-likeness (QED) is 0.762. The third-order valence-corrected chi connectivity index (χ3v) is 2.32. The molecule has 3 nitrogen and oxygen atoms in total. The minimum atomic E-state index is -0.604. The Kier molecular flexibility index (Phi) is 3.02. The van der Waals surface area contributed by atoms with Crippen LogP contribution in [0.4, 0.5) is 0 Å². The van der Waals surface area contributed by atoms with Crippen LogP contribution in [0.2, 0.25) is 0 Å². The van der Waals surface area contributed by atoms with Crippen molar-refractivity contribution in [2.45, 2.75) is 39.8 Å². The van der Waals surface area contributed by atoms with E-state index in [1.807, 2.05) is 39.8 Å². The van der Waals surface area contributed by atoms with Gasteiger partial charge in [-0.05, 0) is 24.5 Å². The smallest absolute Gasteiger partial charge is 0.123 e. The fourth-order valence-electron chi connectivity index (χ4n) is 1.33. The van der Waals surface area contributed by atoms with Gasteiger partial charge in [-0.15, -0.1) is 0 Å². The fraction of sp³-hybridized carbons (Fsp3) is 0.636. The largest absolute Gasteiger partial charge is 0.465 e. The summed E-state index contributed by atoms with van der Waals surface area (Å²) in [5.41, 5.74) is 5.66. The lowest BCUT2D eigenvalue weighted by molar-refractivity contribution is 0.0340. The Hall–Kier alpha value is -0.800. The van der Waals surface area contributed by atoms with Crippen molar-refractivity contribution in [3.63, 3.8) is 0 Å². The van der Waals surface area contributed by atoms with Crippen molar-refractivity contribution < 1.29 is 9.52 Å². The van der Waals surface area contributed by atoms with Crippen molar-refractivity contribution in [3.05, 3.63) is 23.7 Å². The normalized spacial score (nSPS) is 16.7. The lowest BCUT2D eigenvalue weighted by Crippen LogP contribution is -2.36. The molecule has 0 amide bonds. The summed E-state index contributed by atoms with van der Waals surface area (Å²) in [5.74, 6) is 1.46. The second-order valence-corrected chi connectivity index (χ2v) is 4.79. The van der Waals surface area contributed by atoms with E-state index in [0.717, 1.165) is 5.76 Å². The number of rotatable bonds is 2. The topological polar surface area (TPSA) is 59.4 Å². The molecule has 2 atom stereocenters.